The number of rotatable bonds is 5. The average Bonchev–Trinajstić information content (AvgIpc) is 3.24. The zero-order chi connectivity index (χ0) is 18.0. The standard InChI is InChI=1S/C17H16F3N3OS/c1-11(15-21-22-16(24-15)14-8-5-9-25-14)23(2)10-12-6-3-4-7-13(12)17(18,19)20/h3-9,11H,10H2,1-2H3. The minimum Gasteiger partial charge on any atom is -0.418 e. The summed E-state index contributed by atoms with van der Waals surface area (Å²) >= 11 is 1.48. The van der Waals surface area contributed by atoms with Crippen LogP contribution in [0.5, 0.6) is 0 Å². The summed E-state index contributed by atoms with van der Waals surface area (Å²) in [6.45, 7) is 1.94. The molecular weight excluding hydrogens is 351 g/mol. The fourth-order valence-corrected chi connectivity index (χ4v) is 3.08. The van der Waals surface area contributed by atoms with Gasteiger partial charge in [0.2, 0.25) is 5.89 Å². The Morgan fingerprint density at radius 1 is 1.16 bits per heavy atom. The van der Waals surface area contributed by atoms with Gasteiger partial charge in [0.1, 0.15) is 0 Å². The van der Waals surface area contributed by atoms with Crippen LogP contribution in [0.1, 0.15) is 30.0 Å². The summed E-state index contributed by atoms with van der Waals surface area (Å²) in [5.41, 5.74) is -0.416. The number of hydrogen-bond acceptors (Lipinski definition) is 5. The number of hydrogen-bond donors (Lipinski definition) is 0. The minimum absolute atomic E-state index is 0.119. The Morgan fingerprint density at radius 3 is 2.60 bits per heavy atom. The highest BCUT2D eigenvalue weighted by atomic mass is 32.1. The Kier molecular flexibility index (Phi) is 4.91. The lowest BCUT2D eigenvalue weighted by atomic mass is 10.1. The fourth-order valence-electron chi connectivity index (χ4n) is 2.43. The van der Waals surface area contributed by atoms with Crippen LogP contribution in [-0.4, -0.2) is 22.1 Å². The summed E-state index contributed by atoms with van der Waals surface area (Å²) in [6.07, 6.45) is -4.38. The van der Waals surface area contributed by atoms with Gasteiger partial charge in [0, 0.05) is 6.54 Å². The molecule has 0 radical (unpaired) electrons. The number of thiophene rings is 1. The smallest absolute Gasteiger partial charge is 0.416 e. The van der Waals surface area contributed by atoms with Crippen molar-refractivity contribution in [3.8, 4) is 10.8 Å². The molecule has 0 fully saturated rings. The third-order valence-corrected chi connectivity index (χ3v) is 4.79. The average molecular weight is 367 g/mol. The number of nitrogens with zero attached hydrogens (tertiary/aromatic N) is 3. The number of aromatic nitrogens is 2. The molecule has 0 aliphatic heterocycles. The van der Waals surface area contributed by atoms with Crippen LogP contribution >= 0.6 is 11.3 Å². The number of benzene rings is 1. The van der Waals surface area contributed by atoms with Crippen molar-refractivity contribution in [3.63, 3.8) is 0 Å². The molecule has 0 saturated carbocycles. The predicted molar refractivity (Wildman–Crippen MR) is 88.9 cm³/mol. The highest BCUT2D eigenvalue weighted by Gasteiger charge is 2.33. The molecule has 0 amide bonds. The molecular formula is C17H16F3N3OS. The first-order valence-corrected chi connectivity index (χ1v) is 8.47. The first-order chi connectivity index (χ1) is 11.9. The maximum atomic E-state index is 13.1. The van der Waals surface area contributed by atoms with Crippen molar-refractivity contribution in [2.75, 3.05) is 7.05 Å². The zero-order valence-corrected chi connectivity index (χ0v) is 14.4. The van der Waals surface area contributed by atoms with E-state index in [9.17, 15) is 13.2 Å². The van der Waals surface area contributed by atoms with E-state index in [0.717, 1.165) is 10.9 Å². The largest absolute Gasteiger partial charge is 0.418 e. The highest BCUT2D eigenvalue weighted by Crippen LogP contribution is 2.33. The van der Waals surface area contributed by atoms with Crippen molar-refractivity contribution in [2.45, 2.75) is 25.7 Å². The lowest BCUT2D eigenvalue weighted by molar-refractivity contribution is -0.138. The van der Waals surface area contributed by atoms with E-state index in [1.165, 1.54) is 23.5 Å². The molecule has 0 N–H and O–H groups in total. The zero-order valence-electron chi connectivity index (χ0n) is 13.6. The normalized spacial score (nSPS) is 13.4. The molecule has 0 aliphatic carbocycles. The van der Waals surface area contributed by atoms with Gasteiger partial charge in [-0.3, -0.25) is 4.90 Å². The molecule has 25 heavy (non-hydrogen) atoms. The third kappa shape index (κ3) is 3.91. The van der Waals surface area contributed by atoms with Crippen LogP contribution in [0.2, 0.25) is 0 Å². The van der Waals surface area contributed by atoms with Gasteiger partial charge in [-0.1, -0.05) is 24.3 Å². The van der Waals surface area contributed by atoms with Crippen molar-refractivity contribution in [1.82, 2.24) is 15.1 Å². The van der Waals surface area contributed by atoms with Crippen LogP contribution in [0, 0.1) is 0 Å². The van der Waals surface area contributed by atoms with E-state index >= 15 is 0 Å². The van der Waals surface area contributed by atoms with Gasteiger partial charge < -0.3 is 4.42 Å². The highest BCUT2D eigenvalue weighted by molar-refractivity contribution is 7.13. The van der Waals surface area contributed by atoms with Crippen molar-refractivity contribution in [2.24, 2.45) is 0 Å². The summed E-state index contributed by atoms with van der Waals surface area (Å²) in [7, 11) is 1.73. The van der Waals surface area contributed by atoms with Crippen LogP contribution in [0.4, 0.5) is 13.2 Å². The van der Waals surface area contributed by atoms with Gasteiger partial charge >= 0.3 is 6.18 Å². The van der Waals surface area contributed by atoms with Crippen molar-refractivity contribution < 1.29 is 17.6 Å². The van der Waals surface area contributed by atoms with Gasteiger partial charge in [-0.25, -0.2) is 0 Å². The molecule has 3 rings (SSSR count). The van der Waals surface area contributed by atoms with Crippen LogP contribution in [0.25, 0.3) is 10.8 Å². The Bertz CT molecular complexity index is 830. The molecule has 0 bridgehead atoms. The monoisotopic (exact) mass is 367 g/mol. The van der Waals surface area contributed by atoms with E-state index in [4.69, 9.17) is 4.42 Å². The van der Waals surface area contributed by atoms with Crippen molar-refractivity contribution >= 4 is 11.3 Å². The van der Waals surface area contributed by atoms with Crippen LogP contribution in [0.3, 0.4) is 0 Å². The molecule has 132 valence electrons. The lowest BCUT2D eigenvalue weighted by Gasteiger charge is -2.23. The third-order valence-electron chi connectivity index (χ3n) is 3.93. The second-order valence-electron chi connectivity index (χ2n) is 5.67. The van der Waals surface area contributed by atoms with Gasteiger partial charge in [0.15, 0.2) is 0 Å². The van der Waals surface area contributed by atoms with Crippen LogP contribution < -0.4 is 0 Å². The second kappa shape index (κ2) is 6.97. The Balaban J connectivity index is 1.77. The Morgan fingerprint density at radius 2 is 1.92 bits per heavy atom. The van der Waals surface area contributed by atoms with Crippen molar-refractivity contribution in [1.29, 1.82) is 0 Å². The molecule has 1 atom stereocenters. The molecule has 2 aromatic heterocycles. The van der Waals surface area contributed by atoms with Crippen molar-refractivity contribution in [3.05, 3.63) is 58.8 Å². The summed E-state index contributed by atoms with van der Waals surface area (Å²) in [5, 5.41) is 9.95. The number of alkyl halides is 3. The quantitative estimate of drug-likeness (QED) is 0.636. The van der Waals surface area contributed by atoms with E-state index in [2.05, 4.69) is 10.2 Å². The molecule has 8 heteroatoms. The van der Waals surface area contributed by atoms with E-state index in [1.54, 1.807) is 18.0 Å². The van der Waals surface area contributed by atoms with Gasteiger partial charge in [-0.05, 0) is 37.0 Å². The van der Waals surface area contributed by atoms with Gasteiger partial charge in [-0.15, -0.1) is 21.5 Å². The predicted octanol–water partition coefficient (Wildman–Crippen LogP) is 5.01. The molecule has 2 heterocycles. The van der Waals surface area contributed by atoms with Gasteiger partial charge in [0.25, 0.3) is 5.89 Å². The van der Waals surface area contributed by atoms with E-state index in [1.807, 2.05) is 24.4 Å². The van der Waals surface area contributed by atoms with Crippen LogP contribution in [-0.2, 0) is 12.7 Å². The number of halogens is 3. The Labute approximate surface area is 146 Å². The van der Waals surface area contributed by atoms with Gasteiger partial charge in [-0.2, -0.15) is 13.2 Å². The lowest BCUT2D eigenvalue weighted by Crippen LogP contribution is -2.24. The Hall–Kier alpha value is -2.19. The molecule has 0 saturated heterocycles. The van der Waals surface area contributed by atoms with E-state index in [-0.39, 0.29) is 18.2 Å². The van der Waals surface area contributed by atoms with E-state index < -0.39 is 11.7 Å². The molecule has 0 spiro atoms. The molecule has 3 aromatic rings. The maximum absolute atomic E-state index is 13.1. The topological polar surface area (TPSA) is 42.2 Å². The molecule has 1 aromatic carbocycles. The first kappa shape index (κ1) is 17.6. The molecule has 0 aliphatic rings. The first-order valence-electron chi connectivity index (χ1n) is 7.59. The maximum Gasteiger partial charge on any atom is 0.416 e. The van der Waals surface area contributed by atoms with E-state index in [0.29, 0.717) is 11.8 Å². The molecule has 4 nitrogen and oxygen atoms in total. The fraction of sp³-hybridized carbons (Fsp3) is 0.294. The van der Waals surface area contributed by atoms with Crippen LogP contribution in [0.15, 0.2) is 46.2 Å². The second-order valence-corrected chi connectivity index (χ2v) is 6.62. The minimum atomic E-state index is -4.38. The molecule has 1 unspecified atom stereocenters. The van der Waals surface area contributed by atoms with Gasteiger partial charge in [0.05, 0.1) is 16.5 Å². The summed E-state index contributed by atoms with van der Waals surface area (Å²) < 4.78 is 45.0. The summed E-state index contributed by atoms with van der Waals surface area (Å²) in [4.78, 5) is 2.60. The summed E-state index contributed by atoms with van der Waals surface area (Å²) in [6, 6.07) is 9.00. The SMILES string of the molecule is CC(c1nnc(-c2cccs2)o1)N(C)Cc1ccccc1C(F)(F)F. The summed E-state index contributed by atoms with van der Waals surface area (Å²) in [5.74, 6) is 0.788.